The maximum Gasteiger partial charge on any atom is 0.204 e. The molecule has 0 aromatic rings. The van der Waals surface area contributed by atoms with E-state index in [-0.39, 0.29) is 11.7 Å². The van der Waals surface area contributed by atoms with E-state index in [0.717, 1.165) is 43.6 Å². The van der Waals surface area contributed by atoms with Gasteiger partial charge in [-0.05, 0) is 87.8 Å². The van der Waals surface area contributed by atoms with Crippen LogP contribution in [0, 0.1) is 11.8 Å². The number of ketones is 1. The molecule has 160 valence electrons. The lowest BCUT2D eigenvalue weighted by Crippen LogP contribution is -2.36. The Morgan fingerprint density at radius 3 is 2.60 bits per heavy atom. The average molecular weight is 408 g/mol. The molecular weight excluding hydrogens is 374 g/mol. The number of rotatable bonds is 6. The van der Waals surface area contributed by atoms with Gasteiger partial charge in [-0.3, -0.25) is 9.69 Å². The highest BCUT2D eigenvalue weighted by Gasteiger charge is 2.34. The number of allylic oxidation sites excluding steroid dienone is 5. The lowest BCUT2D eigenvalue weighted by atomic mass is 9.84. The zero-order valence-corrected chi connectivity index (χ0v) is 18.5. The van der Waals surface area contributed by atoms with E-state index in [0.29, 0.717) is 17.4 Å². The summed E-state index contributed by atoms with van der Waals surface area (Å²) in [5.74, 6) is 2.17. The molecule has 1 heterocycles. The topological polar surface area (TPSA) is 38.8 Å². The molecule has 0 saturated carbocycles. The molecule has 1 aliphatic heterocycles. The molecule has 0 N–H and O–H groups in total. The van der Waals surface area contributed by atoms with Crippen LogP contribution in [0.3, 0.4) is 0 Å². The number of Topliss-reactive ketones (excluding diaryl/α,β-unsaturated/α-hetero) is 1. The van der Waals surface area contributed by atoms with Gasteiger partial charge in [0.05, 0.1) is 14.2 Å². The SMILES string of the molecule is COC1=C=CC2=C(C=C1OC)CC(CC1CCN(CC3=CCCC=C3C)CC1)C2=O. The van der Waals surface area contributed by atoms with Gasteiger partial charge in [0.1, 0.15) is 0 Å². The third kappa shape index (κ3) is 4.40. The first-order valence-electron chi connectivity index (χ1n) is 11.2. The number of hydrogen-bond donors (Lipinski definition) is 0. The number of ether oxygens (including phenoxy) is 2. The fraction of sp³-hybridized carbons (Fsp3) is 0.538. The zero-order chi connectivity index (χ0) is 21.1. The minimum Gasteiger partial charge on any atom is -0.492 e. The second-order valence-electron chi connectivity index (χ2n) is 8.89. The van der Waals surface area contributed by atoms with Gasteiger partial charge in [-0.15, -0.1) is 0 Å². The Morgan fingerprint density at radius 2 is 1.90 bits per heavy atom. The molecule has 0 aromatic carbocycles. The number of piperidine rings is 1. The van der Waals surface area contributed by atoms with Gasteiger partial charge in [0.2, 0.25) is 5.76 Å². The molecule has 4 rings (SSSR count). The van der Waals surface area contributed by atoms with E-state index >= 15 is 0 Å². The summed E-state index contributed by atoms with van der Waals surface area (Å²) in [7, 11) is 3.22. The molecule has 0 amide bonds. The Kier molecular flexibility index (Phi) is 6.46. The van der Waals surface area contributed by atoms with E-state index in [1.54, 1.807) is 20.3 Å². The van der Waals surface area contributed by atoms with Crippen LogP contribution in [0.5, 0.6) is 0 Å². The van der Waals surface area contributed by atoms with Crippen LogP contribution in [0.1, 0.15) is 45.4 Å². The Bertz CT molecular complexity index is 887. The standard InChI is InChI=1S/C26H33NO3/c1-18-6-4-5-7-20(18)17-27-12-10-19(11-13-27)14-22-15-21-16-25(30-3)24(29-2)9-8-23(21)26(22)28/h6-8,16,19,22H,4-5,10-15,17H2,1-3H3. The van der Waals surface area contributed by atoms with E-state index in [4.69, 9.17) is 9.47 Å². The van der Waals surface area contributed by atoms with Crippen LogP contribution < -0.4 is 0 Å². The summed E-state index contributed by atoms with van der Waals surface area (Å²) in [6.45, 7) is 5.59. The molecule has 4 aliphatic rings. The molecule has 0 aromatic heterocycles. The molecule has 0 bridgehead atoms. The van der Waals surface area contributed by atoms with Crippen LogP contribution in [0.25, 0.3) is 0 Å². The van der Waals surface area contributed by atoms with Crippen LogP contribution >= 0.6 is 0 Å². The second kappa shape index (κ2) is 9.24. The number of carbonyl (C=O) groups excluding carboxylic acids is 1. The summed E-state index contributed by atoms with van der Waals surface area (Å²) in [5.41, 5.74) is 7.89. The Morgan fingerprint density at radius 1 is 1.13 bits per heavy atom. The van der Waals surface area contributed by atoms with E-state index in [1.165, 1.54) is 36.8 Å². The highest BCUT2D eigenvalue weighted by molar-refractivity contribution is 6.03. The molecule has 30 heavy (non-hydrogen) atoms. The fourth-order valence-electron chi connectivity index (χ4n) is 5.14. The summed E-state index contributed by atoms with van der Waals surface area (Å²) >= 11 is 0. The molecule has 1 unspecified atom stereocenters. The first-order chi connectivity index (χ1) is 14.6. The zero-order valence-electron chi connectivity index (χ0n) is 18.5. The molecule has 4 nitrogen and oxygen atoms in total. The molecule has 3 aliphatic carbocycles. The molecule has 0 radical (unpaired) electrons. The summed E-state index contributed by atoms with van der Waals surface area (Å²) in [4.78, 5) is 15.6. The molecular formula is C26H33NO3. The van der Waals surface area contributed by atoms with Gasteiger partial charge < -0.3 is 9.47 Å². The first kappa shape index (κ1) is 21.0. The molecule has 1 atom stereocenters. The third-order valence-electron chi connectivity index (χ3n) is 6.98. The maximum atomic E-state index is 13.0. The molecule has 0 spiro atoms. The van der Waals surface area contributed by atoms with Crippen molar-refractivity contribution in [2.24, 2.45) is 11.8 Å². The lowest BCUT2D eigenvalue weighted by molar-refractivity contribution is -0.118. The normalized spacial score (nSPS) is 25.3. The molecule has 1 fully saturated rings. The monoisotopic (exact) mass is 407 g/mol. The predicted octanol–water partition coefficient (Wildman–Crippen LogP) is 4.87. The van der Waals surface area contributed by atoms with Crippen molar-refractivity contribution in [3.8, 4) is 0 Å². The quantitative estimate of drug-likeness (QED) is 0.589. The Balaban J connectivity index is 1.32. The fourth-order valence-corrected chi connectivity index (χ4v) is 5.14. The van der Waals surface area contributed by atoms with Crippen LogP contribution in [0.4, 0.5) is 0 Å². The van der Waals surface area contributed by atoms with Gasteiger partial charge in [0.25, 0.3) is 0 Å². The summed E-state index contributed by atoms with van der Waals surface area (Å²) in [6, 6.07) is 0. The van der Waals surface area contributed by atoms with Gasteiger partial charge >= 0.3 is 0 Å². The van der Waals surface area contributed by atoms with Crippen LogP contribution in [0.15, 0.2) is 63.8 Å². The minimum absolute atomic E-state index is 0.0919. The molecule has 1 saturated heterocycles. The van der Waals surface area contributed by atoms with E-state index in [9.17, 15) is 4.79 Å². The van der Waals surface area contributed by atoms with Crippen molar-refractivity contribution in [2.75, 3.05) is 33.9 Å². The largest absolute Gasteiger partial charge is 0.492 e. The number of carbonyl (C=O) groups is 1. The Labute approximate surface area is 180 Å². The van der Waals surface area contributed by atoms with Crippen LogP contribution in [-0.2, 0) is 14.3 Å². The van der Waals surface area contributed by atoms with Crippen molar-refractivity contribution in [1.29, 1.82) is 0 Å². The summed E-state index contributed by atoms with van der Waals surface area (Å²) in [5, 5.41) is 0. The van der Waals surface area contributed by atoms with Gasteiger partial charge in [-0.1, -0.05) is 23.5 Å². The number of methoxy groups -OCH3 is 2. The average Bonchev–Trinajstić information content (AvgIpc) is 2.94. The van der Waals surface area contributed by atoms with Gasteiger partial charge in [0, 0.05) is 18.0 Å². The van der Waals surface area contributed by atoms with E-state index in [1.807, 2.05) is 6.08 Å². The van der Waals surface area contributed by atoms with Gasteiger partial charge in [-0.2, -0.15) is 0 Å². The van der Waals surface area contributed by atoms with Crippen molar-refractivity contribution in [1.82, 2.24) is 4.90 Å². The van der Waals surface area contributed by atoms with Crippen molar-refractivity contribution in [2.45, 2.75) is 45.4 Å². The van der Waals surface area contributed by atoms with Crippen molar-refractivity contribution in [3.05, 3.63) is 63.8 Å². The van der Waals surface area contributed by atoms with Crippen LogP contribution in [-0.4, -0.2) is 44.5 Å². The summed E-state index contributed by atoms with van der Waals surface area (Å²) in [6.07, 6.45) is 15.1. The highest BCUT2D eigenvalue weighted by Crippen LogP contribution is 2.38. The van der Waals surface area contributed by atoms with Gasteiger partial charge in [-0.25, -0.2) is 0 Å². The van der Waals surface area contributed by atoms with Crippen LogP contribution in [0.2, 0.25) is 0 Å². The first-order valence-corrected chi connectivity index (χ1v) is 11.2. The minimum atomic E-state index is 0.0919. The maximum absolute atomic E-state index is 13.0. The Hall–Kier alpha value is -2.29. The van der Waals surface area contributed by atoms with Gasteiger partial charge in [0.15, 0.2) is 11.5 Å². The van der Waals surface area contributed by atoms with Crippen molar-refractivity contribution in [3.63, 3.8) is 0 Å². The number of hydrogen-bond acceptors (Lipinski definition) is 4. The predicted molar refractivity (Wildman–Crippen MR) is 119 cm³/mol. The smallest absolute Gasteiger partial charge is 0.204 e. The highest BCUT2D eigenvalue weighted by atomic mass is 16.5. The lowest BCUT2D eigenvalue weighted by Gasteiger charge is -2.34. The van der Waals surface area contributed by atoms with Crippen molar-refractivity contribution >= 4 is 5.78 Å². The second-order valence-corrected chi connectivity index (χ2v) is 8.89. The third-order valence-corrected chi connectivity index (χ3v) is 6.98. The molecule has 4 heteroatoms. The number of likely N-dealkylation sites (tertiary alicyclic amines) is 1. The number of nitrogens with zero attached hydrogens (tertiary/aromatic N) is 1. The van der Waals surface area contributed by atoms with E-state index < -0.39 is 0 Å². The summed E-state index contributed by atoms with van der Waals surface area (Å²) < 4.78 is 10.8. The van der Waals surface area contributed by atoms with Crippen molar-refractivity contribution < 1.29 is 14.3 Å². The van der Waals surface area contributed by atoms with E-state index in [2.05, 4.69) is 29.7 Å².